The number of carbonyl (C=O) groups is 1. The summed E-state index contributed by atoms with van der Waals surface area (Å²) < 4.78 is 0. The molecule has 2 heteroatoms. The number of rotatable bonds is 6. The van der Waals surface area contributed by atoms with Crippen molar-refractivity contribution in [2.45, 2.75) is 47.1 Å². The van der Waals surface area contributed by atoms with Crippen LogP contribution in [0.2, 0.25) is 0 Å². The lowest BCUT2D eigenvalue weighted by molar-refractivity contribution is -0.115. The fourth-order valence-electron chi connectivity index (χ4n) is 1.70. The van der Waals surface area contributed by atoms with Gasteiger partial charge >= 0.3 is 0 Å². The molecule has 1 unspecified atom stereocenters. The van der Waals surface area contributed by atoms with Gasteiger partial charge in [-0.05, 0) is 26.3 Å². The van der Waals surface area contributed by atoms with Gasteiger partial charge in [-0.1, -0.05) is 27.7 Å². The summed E-state index contributed by atoms with van der Waals surface area (Å²) >= 11 is 0. The molecule has 0 aromatic rings. The largest absolute Gasteiger partial charge is 0.303 e. The second kappa shape index (κ2) is 5.50. The molecule has 0 saturated heterocycles. The number of carbonyl (C=O) groups excluding carboxylic acids is 1. The minimum absolute atomic E-state index is 0.222. The predicted molar refractivity (Wildman–Crippen MR) is 61.4 cm³/mol. The van der Waals surface area contributed by atoms with Crippen LogP contribution in [-0.4, -0.2) is 30.8 Å². The van der Waals surface area contributed by atoms with E-state index in [1.807, 2.05) is 13.8 Å². The summed E-state index contributed by atoms with van der Waals surface area (Å²) in [5.41, 5.74) is -0.222. The van der Waals surface area contributed by atoms with Crippen LogP contribution in [0, 0.1) is 11.3 Å². The fraction of sp³-hybridized carbons (Fsp3) is 0.917. The third-order valence-electron chi connectivity index (χ3n) is 2.54. The lowest BCUT2D eigenvalue weighted by Crippen LogP contribution is -2.38. The smallest absolute Gasteiger partial charge is 0.126 e. The van der Waals surface area contributed by atoms with Gasteiger partial charge in [0.25, 0.3) is 0 Å². The molecule has 0 radical (unpaired) electrons. The molecule has 0 heterocycles. The summed E-state index contributed by atoms with van der Waals surface area (Å²) in [5, 5.41) is 0. The van der Waals surface area contributed by atoms with E-state index >= 15 is 0 Å². The van der Waals surface area contributed by atoms with Crippen LogP contribution in [0.15, 0.2) is 0 Å². The Hall–Kier alpha value is -0.370. The van der Waals surface area contributed by atoms with Crippen LogP contribution in [0.4, 0.5) is 0 Å². The Bertz CT molecular complexity index is 175. The standard InChI is InChI=1S/C12H25NO/c1-10(2)7-11(3)13(6)8-12(4,5)9-14/h9-11H,7-8H2,1-6H3. The Morgan fingerprint density at radius 2 is 1.79 bits per heavy atom. The lowest BCUT2D eigenvalue weighted by atomic mass is 9.94. The minimum atomic E-state index is -0.222. The molecule has 0 aliphatic heterocycles. The number of hydrogen-bond acceptors (Lipinski definition) is 2. The number of nitrogens with zero attached hydrogens (tertiary/aromatic N) is 1. The molecule has 0 aromatic heterocycles. The highest BCUT2D eigenvalue weighted by molar-refractivity contribution is 5.58. The molecule has 0 amide bonds. The zero-order valence-electron chi connectivity index (χ0n) is 10.5. The van der Waals surface area contributed by atoms with Gasteiger partial charge in [0.05, 0.1) is 0 Å². The Labute approximate surface area is 88.7 Å². The Kier molecular flexibility index (Phi) is 5.35. The highest BCUT2D eigenvalue weighted by atomic mass is 16.1. The molecule has 0 fully saturated rings. The van der Waals surface area contributed by atoms with Gasteiger partial charge in [0.2, 0.25) is 0 Å². The minimum Gasteiger partial charge on any atom is -0.303 e. The van der Waals surface area contributed by atoms with E-state index in [1.165, 1.54) is 6.42 Å². The molecule has 0 spiro atoms. The van der Waals surface area contributed by atoms with Gasteiger partial charge in [0, 0.05) is 18.0 Å². The lowest BCUT2D eigenvalue weighted by Gasteiger charge is -2.31. The van der Waals surface area contributed by atoms with Crippen molar-refractivity contribution in [2.75, 3.05) is 13.6 Å². The van der Waals surface area contributed by atoms with Crippen LogP contribution in [-0.2, 0) is 4.79 Å². The zero-order chi connectivity index (χ0) is 11.4. The number of hydrogen-bond donors (Lipinski definition) is 0. The summed E-state index contributed by atoms with van der Waals surface area (Å²) in [7, 11) is 2.10. The maximum atomic E-state index is 10.8. The van der Waals surface area contributed by atoms with Crippen molar-refractivity contribution in [3.8, 4) is 0 Å². The van der Waals surface area contributed by atoms with Crippen LogP contribution in [0.5, 0.6) is 0 Å². The molecular formula is C12H25NO. The highest BCUT2D eigenvalue weighted by Crippen LogP contribution is 2.16. The molecule has 1 atom stereocenters. The highest BCUT2D eigenvalue weighted by Gasteiger charge is 2.21. The quantitative estimate of drug-likeness (QED) is 0.613. The first kappa shape index (κ1) is 13.6. The van der Waals surface area contributed by atoms with Gasteiger partial charge in [-0.25, -0.2) is 0 Å². The first-order chi connectivity index (χ1) is 6.28. The molecule has 0 rings (SSSR count). The Morgan fingerprint density at radius 3 is 2.14 bits per heavy atom. The molecule has 84 valence electrons. The van der Waals surface area contributed by atoms with Crippen LogP contribution >= 0.6 is 0 Å². The van der Waals surface area contributed by atoms with E-state index in [0.29, 0.717) is 12.0 Å². The SMILES string of the molecule is CC(C)CC(C)N(C)CC(C)(C)C=O. The van der Waals surface area contributed by atoms with Crippen molar-refractivity contribution >= 4 is 6.29 Å². The summed E-state index contributed by atoms with van der Waals surface area (Å²) in [6.07, 6.45) is 2.23. The first-order valence-corrected chi connectivity index (χ1v) is 5.45. The molecule has 0 aromatic carbocycles. The normalized spacial score (nSPS) is 14.9. The van der Waals surface area contributed by atoms with Crippen molar-refractivity contribution in [2.24, 2.45) is 11.3 Å². The van der Waals surface area contributed by atoms with E-state index in [1.54, 1.807) is 0 Å². The fourth-order valence-corrected chi connectivity index (χ4v) is 1.70. The van der Waals surface area contributed by atoms with Gasteiger partial charge in [0.15, 0.2) is 0 Å². The van der Waals surface area contributed by atoms with E-state index < -0.39 is 0 Å². The van der Waals surface area contributed by atoms with E-state index in [2.05, 4.69) is 32.7 Å². The summed E-state index contributed by atoms with van der Waals surface area (Å²) in [6.45, 7) is 11.5. The van der Waals surface area contributed by atoms with Gasteiger partial charge in [-0.15, -0.1) is 0 Å². The number of aldehydes is 1. The van der Waals surface area contributed by atoms with E-state index in [0.717, 1.165) is 12.8 Å². The monoisotopic (exact) mass is 199 g/mol. The van der Waals surface area contributed by atoms with Crippen molar-refractivity contribution in [3.05, 3.63) is 0 Å². The third-order valence-corrected chi connectivity index (χ3v) is 2.54. The van der Waals surface area contributed by atoms with Crippen molar-refractivity contribution in [1.29, 1.82) is 0 Å². The van der Waals surface area contributed by atoms with Crippen molar-refractivity contribution in [1.82, 2.24) is 4.90 Å². The van der Waals surface area contributed by atoms with E-state index in [-0.39, 0.29) is 5.41 Å². The van der Waals surface area contributed by atoms with Crippen molar-refractivity contribution in [3.63, 3.8) is 0 Å². The van der Waals surface area contributed by atoms with Crippen LogP contribution in [0.3, 0.4) is 0 Å². The molecule has 0 aliphatic carbocycles. The molecule has 0 aliphatic rings. The van der Waals surface area contributed by atoms with Crippen LogP contribution < -0.4 is 0 Å². The third kappa shape index (κ3) is 5.38. The second-order valence-electron chi connectivity index (χ2n) is 5.50. The predicted octanol–water partition coefficient (Wildman–Crippen LogP) is 2.58. The maximum Gasteiger partial charge on any atom is 0.126 e. The van der Waals surface area contributed by atoms with Crippen LogP contribution in [0.25, 0.3) is 0 Å². The first-order valence-electron chi connectivity index (χ1n) is 5.45. The Balaban J connectivity index is 4.06. The van der Waals surface area contributed by atoms with Crippen molar-refractivity contribution < 1.29 is 4.79 Å². The average Bonchev–Trinajstić information content (AvgIpc) is 2.02. The molecule has 0 bridgehead atoms. The van der Waals surface area contributed by atoms with Gasteiger partial charge < -0.3 is 9.69 Å². The van der Waals surface area contributed by atoms with Crippen LogP contribution in [0.1, 0.15) is 41.0 Å². The second-order valence-corrected chi connectivity index (χ2v) is 5.50. The van der Waals surface area contributed by atoms with E-state index in [4.69, 9.17) is 0 Å². The van der Waals surface area contributed by atoms with Gasteiger partial charge in [-0.2, -0.15) is 0 Å². The summed E-state index contributed by atoms with van der Waals surface area (Å²) in [5.74, 6) is 0.715. The topological polar surface area (TPSA) is 20.3 Å². The molecule has 0 N–H and O–H groups in total. The summed E-state index contributed by atoms with van der Waals surface area (Å²) in [4.78, 5) is 13.1. The average molecular weight is 199 g/mol. The molecular weight excluding hydrogens is 174 g/mol. The zero-order valence-corrected chi connectivity index (χ0v) is 10.5. The molecule has 0 saturated carbocycles. The maximum absolute atomic E-state index is 10.8. The van der Waals surface area contributed by atoms with E-state index in [9.17, 15) is 4.79 Å². The Morgan fingerprint density at radius 1 is 1.29 bits per heavy atom. The van der Waals surface area contributed by atoms with Gasteiger partial charge in [-0.3, -0.25) is 0 Å². The van der Waals surface area contributed by atoms with Gasteiger partial charge in [0.1, 0.15) is 6.29 Å². The molecule has 14 heavy (non-hydrogen) atoms. The summed E-state index contributed by atoms with van der Waals surface area (Å²) in [6, 6.07) is 0.550. The molecule has 2 nitrogen and oxygen atoms in total.